The maximum absolute atomic E-state index is 13.1. The minimum Gasteiger partial charge on any atom is -0.342 e. The Morgan fingerprint density at radius 1 is 1.50 bits per heavy atom. The van der Waals surface area contributed by atoms with Gasteiger partial charge in [0.05, 0.1) is 0 Å². The van der Waals surface area contributed by atoms with Crippen LogP contribution in [0.5, 0.6) is 0 Å². The van der Waals surface area contributed by atoms with Gasteiger partial charge in [-0.3, -0.25) is 4.79 Å². The molecule has 1 atom stereocenters. The highest BCUT2D eigenvalue weighted by Crippen LogP contribution is 2.22. The van der Waals surface area contributed by atoms with Gasteiger partial charge in [0.15, 0.2) is 0 Å². The lowest BCUT2D eigenvalue weighted by Gasteiger charge is -2.32. The van der Waals surface area contributed by atoms with Gasteiger partial charge >= 0.3 is 0 Å². The van der Waals surface area contributed by atoms with Crippen LogP contribution in [0.25, 0.3) is 0 Å². The number of rotatable bonds is 5. The monoisotopic (exact) mass is 275 g/mol. The van der Waals surface area contributed by atoms with Crippen LogP contribution in [-0.2, 0) is 11.2 Å². The Bertz CT molecular complexity index is 472. The van der Waals surface area contributed by atoms with E-state index in [1.165, 1.54) is 6.07 Å². The molecule has 1 aliphatic heterocycles. The van der Waals surface area contributed by atoms with Gasteiger partial charge in [-0.25, -0.2) is 4.39 Å². The molecule has 1 fully saturated rings. The van der Waals surface area contributed by atoms with Crippen molar-refractivity contribution in [3.63, 3.8) is 0 Å². The molecule has 0 saturated carbocycles. The van der Waals surface area contributed by atoms with Crippen molar-refractivity contribution in [1.29, 1.82) is 0 Å². The van der Waals surface area contributed by atoms with E-state index in [-0.39, 0.29) is 11.7 Å². The molecule has 2 nitrogen and oxygen atoms in total. The number of hydrogen-bond donors (Lipinski definition) is 0. The van der Waals surface area contributed by atoms with Crippen LogP contribution in [0.2, 0.25) is 0 Å². The summed E-state index contributed by atoms with van der Waals surface area (Å²) in [5.41, 5.74) is 1.04. The fourth-order valence-corrected chi connectivity index (χ4v) is 2.84. The largest absolute Gasteiger partial charge is 0.342 e. The molecule has 20 heavy (non-hydrogen) atoms. The summed E-state index contributed by atoms with van der Waals surface area (Å²) in [5.74, 6) is 0.533. The lowest BCUT2D eigenvalue weighted by Crippen LogP contribution is -2.39. The number of aryl methyl sites for hydroxylation is 1. The number of benzene rings is 1. The first-order valence-corrected chi connectivity index (χ1v) is 7.32. The first-order chi connectivity index (χ1) is 9.69. The summed E-state index contributed by atoms with van der Waals surface area (Å²) in [6, 6.07) is 6.79. The average Bonchev–Trinajstić information content (AvgIpc) is 2.46. The maximum Gasteiger partial charge on any atom is 0.226 e. The number of carbonyl (C=O) groups is 1. The van der Waals surface area contributed by atoms with Gasteiger partial charge in [-0.1, -0.05) is 18.2 Å². The Hall–Kier alpha value is -1.64. The molecule has 1 aromatic carbocycles. The fourth-order valence-electron chi connectivity index (χ4n) is 2.84. The zero-order valence-corrected chi connectivity index (χ0v) is 11.9. The number of hydrogen-bond acceptors (Lipinski definition) is 1. The van der Waals surface area contributed by atoms with E-state index in [0.717, 1.165) is 44.3 Å². The summed E-state index contributed by atoms with van der Waals surface area (Å²) in [5, 5.41) is 0. The van der Waals surface area contributed by atoms with E-state index >= 15 is 0 Å². The molecule has 1 aliphatic rings. The van der Waals surface area contributed by atoms with Gasteiger partial charge in [0.1, 0.15) is 5.82 Å². The molecule has 2 rings (SSSR count). The smallest absolute Gasteiger partial charge is 0.226 e. The molecule has 0 aromatic heterocycles. The van der Waals surface area contributed by atoms with Crippen molar-refractivity contribution >= 4 is 5.91 Å². The van der Waals surface area contributed by atoms with Crippen molar-refractivity contribution in [1.82, 2.24) is 4.90 Å². The van der Waals surface area contributed by atoms with Crippen molar-refractivity contribution in [2.24, 2.45) is 5.92 Å². The zero-order valence-electron chi connectivity index (χ0n) is 11.9. The van der Waals surface area contributed by atoms with Gasteiger partial charge in [0.2, 0.25) is 5.91 Å². The Labute approximate surface area is 120 Å². The van der Waals surface area contributed by atoms with Crippen LogP contribution in [0.4, 0.5) is 4.39 Å². The van der Waals surface area contributed by atoms with Crippen LogP contribution in [0.3, 0.4) is 0 Å². The van der Waals surface area contributed by atoms with E-state index in [2.05, 4.69) is 6.58 Å². The molecule has 0 bridgehead atoms. The second kappa shape index (κ2) is 7.22. The number of piperidine rings is 1. The molecule has 0 N–H and O–H groups in total. The molecule has 108 valence electrons. The zero-order chi connectivity index (χ0) is 14.4. The summed E-state index contributed by atoms with van der Waals surface area (Å²) < 4.78 is 13.1. The average molecular weight is 275 g/mol. The first-order valence-electron chi connectivity index (χ1n) is 7.32. The lowest BCUT2D eigenvalue weighted by atomic mass is 9.91. The molecular weight excluding hydrogens is 253 g/mol. The molecule has 1 saturated heterocycles. The number of nitrogens with zero attached hydrogens (tertiary/aromatic N) is 1. The number of carbonyl (C=O) groups excluding carboxylic acids is 1. The van der Waals surface area contributed by atoms with Crippen LogP contribution in [0.15, 0.2) is 36.9 Å². The van der Waals surface area contributed by atoms with E-state index in [1.54, 1.807) is 18.2 Å². The number of likely N-dealkylation sites (tertiary alicyclic amines) is 1. The molecule has 1 heterocycles. The number of halogens is 1. The van der Waals surface area contributed by atoms with E-state index in [4.69, 9.17) is 0 Å². The summed E-state index contributed by atoms with van der Waals surface area (Å²) in [6.45, 7) is 5.32. The maximum atomic E-state index is 13.1. The molecule has 0 radical (unpaired) electrons. The van der Waals surface area contributed by atoms with Gasteiger partial charge in [-0.05, 0) is 49.3 Å². The summed E-state index contributed by atoms with van der Waals surface area (Å²) in [6.07, 6.45) is 6.21. The van der Waals surface area contributed by atoms with E-state index in [0.29, 0.717) is 12.3 Å². The van der Waals surface area contributed by atoms with Gasteiger partial charge in [0, 0.05) is 19.5 Å². The second-order valence-electron chi connectivity index (χ2n) is 5.51. The Kier molecular flexibility index (Phi) is 5.33. The van der Waals surface area contributed by atoms with Crippen molar-refractivity contribution in [2.45, 2.75) is 32.1 Å². The van der Waals surface area contributed by atoms with Gasteiger partial charge in [-0.15, -0.1) is 6.58 Å². The second-order valence-corrected chi connectivity index (χ2v) is 5.51. The predicted molar refractivity (Wildman–Crippen MR) is 78.8 cm³/mol. The molecule has 1 amide bonds. The standard InChI is InChI=1S/C17H22FNO/c1-2-5-17(20)19-11-4-7-15(13-19)10-9-14-6-3-8-16(18)12-14/h2-3,6,8,12,15H,1,4-5,7,9-11,13H2/t15-/m0/s1. The number of amides is 1. The third-order valence-corrected chi connectivity index (χ3v) is 3.92. The molecule has 0 aliphatic carbocycles. The van der Waals surface area contributed by atoms with Crippen molar-refractivity contribution in [3.05, 3.63) is 48.3 Å². The molecule has 0 spiro atoms. The summed E-state index contributed by atoms with van der Waals surface area (Å²) in [7, 11) is 0. The highest BCUT2D eigenvalue weighted by molar-refractivity contribution is 5.77. The Morgan fingerprint density at radius 2 is 2.35 bits per heavy atom. The third kappa shape index (κ3) is 4.19. The van der Waals surface area contributed by atoms with Crippen molar-refractivity contribution in [2.75, 3.05) is 13.1 Å². The summed E-state index contributed by atoms with van der Waals surface area (Å²) >= 11 is 0. The van der Waals surface area contributed by atoms with E-state index in [1.807, 2.05) is 11.0 Å². The molecule has 1 aromatic rings. The fraction of sp³-hybridized carbons (Fsp3) is 0.471. The highest BCUT2D eigenvalue weighted by atomic mass is 19.1. The third-order valence-electron chi connectivity index (χ3n) is 3.92. The van der Waals surface area contributed by atoms with E-state index in [9.17, 15) is 9.18 Å². The van der Waals surface area contributed by atoms with Crippen LogP contribution >= 0.6 is 0 Å². The molecule has 3 heteroatoms. The topological polar surface area (TPSA) is 20.3 Å². The highest BCUT2D eigenvalue weighted by Gasteiger charge is 2.22. The minimum absolute atomic E-state index is 0.172. The van der Waals surface area contributed by atoms with Gasteiger partial charge < -0.3 is 4.90 Å². The van der Waals surface area contributed by atoms with Crippen LogP contribution in [0.1, 0.15) is 31.2 Å². The van der Waals surface area contributed by atoms with Gasteiger partial charge in [0.25, 0.3) is 0 Å². The first kappa shape index (κ1) is 14.8. The SMILES string of the molecule is C=CCC(=O)N1CCC[C@@H](CCc2cccc(F)c2)C1. The van der Waals surface area contributed by atoms with Crippen LogP contribution < -0.4 is 0 Å². The van der Waals surface area contributed by atoms with Crippen LogP contribution in [-0.4, -0.2) is 23.9 Å². The lowest BCUT2D eigenvalue weighted by molar-refractivity contribution is -0.132. The van der Waals surface area contributed by atoms with Gasteiger partial charge in [-0.2, -0.15) is 0 Å². The molecule has 0 unspecified atom stereocenters. The quantitative estimate of drug-likeness (QED) is 0.752. The van der Waals surface area contributed by atoms with E-state index < -0.39 is 0 Å². The normalized spacial score (nSPS) is 18.9. The Morgan fingerprint density at radius 3 is 3.10 bits per heavy atom. The summed E-state index contributed by atoms with van der Waals surface area (Å²) in [4.78, 5) is 13.8. The van der Waals surface area contributed by atoms with Crippen LogP contribution in [0, 0.1) is 11.7 Å². The predicted octanol–water partition coefficient (Wildman–Crippen LogP) is 3.57. The van der Waals surface area contributed by atoms with Crippen molar-refractivity contribution < 1.29 is 9.18 Å². The molecular formula is C17H22FNO. The van der Waals surface area contributed by atoms with Crippen molar-refractivity contribution in [3.8, 4) is 0 Å². The Balaban J connectivity index is 1.84. The minimum atomic E-state index is -0.172.